The van der Waals surface area contributed by atoms with E-state index in [0.717, 1.165) is 16.7 Å². The maximum Gasteiger partial charge on any atom is 0.262 e. The maximum atomic E-state index is 12.2. The van der Waals surface area contributed by atoms with E-state index >= 15 is 0 Å². The van der Waals surface area contributed by atoms with Gasteiger partial charge >= 0.3 is 0 Å². The number of hydrogen-bond donors (Lipinski definition) is 1. The number of nitrogens with one attached hydrogen (secondary N) is 1. The first-order chi connectivity index (χ1) is 14.7. The highest BCUT2D eigenvalue weighted by Gasteiger charge is 2.15. The summed E-state index contributed by atoms with van der Waals surface area (Å²) < 4.78 is 11.2. The van der Waals surface area contributed by atoms with Gasteiger partial charge in [0.2, 0.25) is 5.82 Å². The Bertz CT molecular complexity index is 1120. The van der Waals surface area contributed by atoms with Crippen molar-refractivity contribution in [3.05, 3.63) is 90.0 Å². The molecule has 150 valence electrons. The number of carbonyl (C=O) groups is 1. The molecular formula is C24H21N3O3. The van der Waals surface area contributed by atoms with E-state index in [1.165, 1.54) is 0 Å². The molecule has 0 aliphatic carbocycles. The first-order valence-electron chi connectivity index (χ1n) is 9.62. The lowest BCUT2D eigenvalue weighted by molar-refractivity contribution is -0.123. The van der Waals surface area contributed by atoms with E-state index in [9.17, 15) is 4.79 Å². The van der Waals surface area contributed by atoms with Crippen LogP contribution in [0.4, 0.5) is 0 Å². The molecule has 1 aromatic heterocycles. The molecule has 0 radical (unpaired) electrons. The Kier molecular flexibility index (Phi) is 5.85. The Labute approximate surface area is 174 Å². The Morgan fingerprint density at radius 2 is 1.70 bits per heavy atom. The highest BCUT2D eigenvalue weighted by molar-refractivity contribution is 5.78. The van der Waals surface area contributed by atoms with Gasteiger partial charge < -0.3 is 14.6 Å². The highest BCUT2D eigenvalue weighted by atomic mass is 16.5. The number of ether oxygens (including phenoxy) is 1. The van der Waals surface area contributed by atoms with Crippen LogP contribution in [0.15, 0.2) is 83.4 Å². The van der Waals surface area contributed by atoms with Crippen molar-refractivity contribution in [2.24, 2.45) is 0 Å². The van der Waals surface area contributed by atoms with Crippen LogP contribution in [-0.2, 0) is 11.3 Å². The van der Waals surface area contributed by atoms with Crippen LogP contribution in [0.2, 0.25) is 0 Å². The van der Waals surface area contributed by atoms with Gasteiger partial charge in [-0.3, -0.25) is 4.79 Å². The van der Waals surface area contributed by atoms with Crippen LogP contribution >= 0.6 is 0 Å². The fourth-order valence-corrected chi connectivity index (χ4v) is 2.91. The van der Waals surface area contributed by atoms with Crippen molar-refractivity contribution in [1.29, 1.82) is 0 Å². The number of para-hydroxylation sites is 1. The third kappa shape index (κ3) is 4.72. The standard InChI is InChI=1S/C24H21N3O3/c1-17-11-13-19(14-12-17)23-26-24(30-27-23)20-9-5-6-10-21(20)29-16-22(28)25-15-18-7-3-2-4-8-18/h2-14H,15-16H2,1H3,(H,25,28). The van der Waals surface area contributed by atoms with Gasteiger partial charge in [-0.05, 0) is 24.6 Å². The van der Waals surface area contributed by atoms with Crippen molar-refractivity contribution in [2.75, 3.05) is 6.61 Å². The van der Waals surface area contributed by atoms with E-state index in [4.69, 9.17) is 9.26 Å². The predicted molar refractivity (Wildman–Crippen MR) is 114 cm³/mol. The van der Waals surface area contributed by atoms with Crippen molar-refractivity contribution >= 4 is 5.91 Å². The highest BCUT2D eigenvalue weighted by Crippen LogP contribution is 2.30. The number of carbonyl (C=O) groups excluding carboxylic acids is 1. The van der Waals surface area contributed by atoms with Crippen LogP contribution in [0.3, 0.4) is 0 Å². The topological polar surface area (TPSA) is 77.2 Å². The first-order valence-corrected chi connectivity index (χ1v) is 9.62. The van der Waals surface area contributed by atoms with Crippen LogP contribution in [0.1, 0.15) is 11.1 Å². The van der Waals surface area contributed by atoms with Gasteiger partial charge in [0, 0.05) is 12.1 Å². The lowest BCUT2D eigenvalue weighted by atomic mass is 10.1. The average molecular weight is 399 g/mol. The third-order valence-corrected chi connectivity index (χ3v) is 4.54. The number of aromatic nitrogens is 2. The summed E-state index contributed by atoms with van der Waals surface area (Å²) in [4.78, 5) is 16.7. The van der Waals surface area contributed by atoms with E-state index in [1.807, 2.05) is 79.7 Å². The number of rotatable bonds is 7. The van der Waals surface area contributed by atoms with Gasteiger partial charge in [0.15, 0.2) is 6.61 Å². The van der Waals surface area contributed by atoms with Crippen molar-refractivity contribution in [1.82, 2.24) is 15.5 Å². The molecule has 0 saturated heterocycles. The average Bonchev–Trinajstić information content (AvgIpc) is 3.28. The quantitative estimate of drug-likeness (QED) is 0.498. The van der Waals surface area contributed by atoms with Crippen molar-refractivity contribution in [3.8, 4) is 28.6 Å². The normalized spacial score (nSPS) is 10.6. The summed E-state index contributed by atoms with van der Waals surface area (Å²) in [6.07, 6.45) is 0. The second-order valence-electron chi connectivity index (χ2n) is 6.84. The summed E-state index contributed by atoms with van der Waals surface area (Å²) in [5.74, 6) is 1.14. The summed E-state index contributed by atoms with van der Waals surface area (Å²) in [5, 5.41) is 6.91. The minimum Gasteiger partial charge on any atom is -0.483 e. The molecule has 0 atom stereocenters. The summed E-state index contributed by atoms with van der Waals surface area (Å²) in [6.45, 7) is 2.37. The van der Waals surface area contributed by atoms with E-state index in [1.54, 1.807) is 6.07 Å². The Hall–Kier alpha value is -3.93. The van der Waals surface area contributed by atoms with Gasteiger partial charge in [0.1, 0.15) is 5.75 Å². The van der Waals surface area contributed by atoms with Gasteiger partial charge in [-0.15, -0.1) is 0 Å². The van der Waals surface area contributed by atoms with E-state index in [0.29, 0.717) is 29.6 Å². The Balaban J connectivity index is 1.43. The number of hydrogen-bond acceptors (Lipinski definition) is 5. The molecule has 30 heavy (non-hydrogen) atoms. The van der Waals surface area contributed by atoms with Gasteiger partial charge in [0.25, 0.3) is 11.8 Å². The van der Waals surface area contributed by atoms with Gasteiger partial charge in [0.05, 0.1) is 5.56 Å². The lowest BCUT2D eigenvalue weighted by Gasteiger charge is -2.09. The molecule has 0 aliphatic heterocycles. The van der Waals surface area contributed by atoms with E-state index < -0.39 is 0 Å². The minimum atomic E-state index is -0.209. The van der Waals surface area contributed by atoms with E-state index in [-0.39, 0.29) is 12.5 Å². The summed E-state index contributed by atoms with van der Waals surface area (Å²) in [7, 11) is 0. The molecule has 4 aromatic rings. The molecule has 1 amide bonds. The molecule has 1 heterocycles. The third-order valence-electron chi connectivity index (χ3n) is 4.54. The van der Waals surface area contributed by atoms with Crippen LogP contribution in [-0.4, -0.2) is 22.7 Å². The van der Waals surface area contributed by atoms with Crippen molar-refractivity contribution in [2.45, 2.75) is 13.5 Å². The number of aryl methyl sites for hydroxylation is 1. The summed E-state index contributed by atoms with van der Waals surface area (Å²) in [6, 6.07) is 24.9. The van der Waals surface area contributed by atoms with E-state index in [2.05, 4.69) is 15.5 Å². The monoisotopic (exact) mass is 399 g/mol. The molecule has 6 heteroatoms. The largest absolute Gasteiger partial charge is 0.483 e. The molecule has 4 rings (SSSR count). The second kappa shape index (κ2) is 9.05. The SMILES string of the molecule is Cc1ccc(-c2noc(-c3ccccc3OCC(=O)NCc3ccccc3)n2)cc1. The van der Waals surface area contributed by atoms with Crippen LogP contribution < -0.4 is 10.1 Å². The second-order valence-corrected chi connectivity index (χ2v) is 6.84. The zero-order valence-electron chi connectivity index (χ0n) is 16.5. The van der Waals surface area contributed by atoms with Crippen LogP contribution in [0, 0.1) is 6.92 Å². The maximum absolute atomic E-state index is 12.2. The van der Waals surface area contributed by atoms with Crippen LogP contribution in [0.5, 0.6) is 5.75 Å². The zero-order valence-corrected chi connectivity index (χ0v) is 16.5. The van der Waals surface area contributed by atoms with Gasteiger partial charge in [-0.1, -0.05) is 77.5 Å². The van der Waals surface area contributed by atoms with Gasteiger partial charge in [-0.25, -0.2) is 0 Å². The Morgan fingerprint density at radius 1 is 0.967 bits per heavy atom. The molecule has 0 aliphatic rings. The zero-order chi connectivity index (χ0) is 20.8. The summed E-state index contributed by atoms with van der Waals surface area (Å²) >= 11 is 0. The number of amides is 1. The fourth-order valence-electron chi connectivity index (χ4n) is 2.91. The van der Waals surface area contributed by atoms with Crippen LogP contribution in [0.25, 0.3) is 22.8 Å². The summed E-state index contributed by atoms with van der Waals surface area (Å²) in [5.41, 5.74) is 3.70. The smallest absolute Gasteiger partial charge is 0.262 e. The molecule has 0 spiro atoms. The number of nitrogens with zero attached hydrogens (tertiary/aromatic N) is 2. The van der Waals surface area contributed by atoms with Gasteiger partial charge in [-0.2, -0.15) is 4.98 Å². The molecule has 3 aromatic carbocycles. The van der Waals surface area contributed by atoms with Crippen molar-refractivity contribution < 1.29 is 14.1 Å². The molecular weight excluding hydrogens is 378 g/mol. The fraction of sp³-hybridized carbons (Fsp3) is 0.125. The lowest BCUT2D eigenvalue weighted by Crippen LogP contribution is -2.28. The minimum absolute atomic E-state index is 0.108. The molecule has 0 saturated carbocycles. The predicted octanol–water partition coefficient (Wildman–Crippen LogP) is 4.41. The molecule has 0 unspecified atom stereocenters. The molecule has 0 bridgehead atoms. The number of benzene rings is 3. The molecule has 6 nitrogen and oxygen atoms in total. The first kappa shape index (κ1) is 19.4. The Morgan fingerprint density at radius 3 is 2.50 bits per heavy atom. The molecule has 0 fully saturated rings. The van der Waals surface area contributed by atoms with Crippen molar-refractivity contribution in [3.63, 3.8) is 0 Å². The molecule has 1 N–H and O–H groups in total.